The number of nitrogens with zero attached hydrogens (tertiary/aromatic N) is 2. The van der Waals surface area contributed by atoms with Crippen molar-refractivity contribution in [2.24, 2.45) is 0 Å². The van der Waals surface area contributed by atoms with Crippen LogP contribution >= 0.6 is 0 Å². The molecule has 0 aliphatic rings. The van der Waals surface area contributed by atoms with Gasteiger partial charge in [0.05, 0.1) is 6.61 Å². The molecule has 1 heterocycles. The van der Waals surface area contributed by atoms with Crippen molar-refractivity contribution in [3.8, 4) is 11.8 Å². The highest BCUT2D eigenvalue weighted by Crippen LogP contribution is 2.21. The number of benzene rings is 1. The molecule has 0 saturated carbocycles. The number of ether oxygens (including phenoxy) is 1. The normalized spacial score (nSPS) is 10.9. The Kier molecular flexibility index (Phi) is 6.86. The van der Waals surface area contributed by atoms with E-state index in [-0.39, 0.29) is 5.57 Å². The molecular formula is C20H23N3O3. The van der Waals surface area contributed by atoms with Gasteiger partial charge in [-0.2, -0.15) is 5.26 Å². The van der Waals surface area contributed by atoms with Gasteiger partial charge in [0.25, 0.3) is 5.91 Å². The van der Waals surface area contributed by atoms with Crippen molar-refractivity contribution in [2.75, 3.05) is 29.9 Å². The van der Waals surface area contributed by atoms with E-state index in [4.69, 9.17) is 9.15 Å². The smallest absolute Gasteiger partial charge is 0.266 e. The van der Waals surface area contributed by atoms with Crippen LogP contribution in [0.3, 0.4) is 0 Å². The van der Waals surface area contributed by atoms with Crippen molar-refractivity contribution in [1.82, 2.24) is 0 Å². The van der Waals surface area contributed by atoms with Crippen LogP contribution in [0.25, 0.3) is 6.08 Å². The average molecular weight is 353 g/mol. The lowest BCUT2D eigenvalue weighted by Crippen LogP contribution is -2.20. The summed E-state index contributed by atoms with van der Waals surface area (Å²) in [6.45, 7) is 8.12. The van der Waals surface area contributed by atoms with E-state index in [0.717, 1.165) is 13.1 Å². The van der Waals surface area contributed by atoms with Crippen LogP contribution in [-0.4, -0.2) is 25.6 Å². The second kappa shape index (κ2) is 9.33. The summed E-state index contributed by atoms with van der Waals surface area (Å²) in [5.74, 6) is 1.33. The van der Waals surface area contributed by atoms with Crippen molar-refractivity contribution < 1.29 is 13.9 Å². The molecule has 0 saturated heterocycles. The lowest BCUT2D eigenvalue weighted by molar-refractivity contribution is -0.112. The first-order valence-electron chi connectivity index (χ1n) is 8.62. The summed E-state index contributed by atoms with van der Waals surface area (Å²) in [5, 5.41) is 12.0. The maximum Gasteiger partial charge on any atom is 0.266 e. The maximum atomic E-state index is 12.4. The Balaban J connectivity index is 2.15. The minimum absolute atomic E-state index is 0.0349. The molecule has 0 fully saturated rings. The fraction of sp³-hybridized carbons (Fsp3) is 0.300. The van der Waals surface area contributed by atoms with E-state index in [1.165, 1.54) is 6.08 Å². The average Bonchev–Trinajstić information content (AvgIpc) is 3.09. The van der Waals surface area contributed by atoms with Crippen LogP contribution in [0.15, 0.2) is 46.4 Å². The van der Waals surface area contributed by atoms with Crippen LogP contribution in [-0.2, 0) is 4.79 Å². The summed E-state index contributed by atoms with van der Waals surface area (Å²) in [7, 11) is 0. The minimum atomic E-state index is -0.498. The van der Waals surface area contributed by atoms with Crippen molar-refractivity contribution in [2.45, 2.75) is 20.8 Å². The second-order valence-electron chi connectivity index (χ2n) is 5.43. The Bertz CT molecular complexity index is 814. The Morgan fingerprint density at radius 2 is 2.04 bits per heavy atom. The number of nitrogens with one attached hydrogen (secondary N) is 1. The van der Waals surface area contributed by atoms with Gasteiger partial charge < -0.3 is 19.4 Å². The van der Waals surface area contributed by atoms with E-state index < -0.39 is 5.91 Å². The molecule has 1 N–H and O–H groups in total. The molecule has 2 aromatic rings. The van der Waals surface area contributed by atoms with Gasteiger partial charge in [-0.1, -0.05) is 6.07 Å². The Labute approximate surface area is 153 Å². The summed E-state index contributed by atoms with van der Waals surface area (Å²) in [6, 6.07) is 12.5. The predicted molar refractivity (Wildman–Crippen MR) is 102 cm³/mol. The number of nitriles is 1. The van der Waals surface area contributed by atoms with Crippen LogP contribution in [0.2, 0.25) is 0 Å². The molecule has 1 aromatic heterocycles. The van der Waals surface area contributed by atoms with Gasteiger partial charge in [-0.25, -0.2) is 0 Å². The molecule has 0 spiro atoms. The number of amides is 1. The topological polar surface area (TPSA) is 78.5 Å². The number of rotatable bonds is 8. The summed E-state index contributed by atoms with van der Waals surface area (Å²) in [5.41, 5.74) is 0.526. The largest absolute Gasteiger partial charge is 0.494 e. The first-order chi connectivity index (χ1) is 12.6. The van der Waals surface area contributed by atoms with Gasteiger partial charge in [0, 0.05) is 37.0 Å². The zero-order valence-electron chi connectivity index (χ0n) is 15.3. The molecule has 0 aliphatic heterocycles. The standard InChI is InChI=1S/C20H23N3O3/c1-4-23(5-2)19-11-10-18(26-19)12-15(14-21)20(24)22-16-8-7-9-17(13-16)25-6-3/h7-13H,4-6H2,1-3H3,(H,22,24). The number of anilines is 2. The van der Waals surface area contributed by atoms with Crippen LogP contribution in [0.1, 0.15) is 26.5 Å². The molecular weight excluding hydrogens is 330 g/mol. The highest BCUT2D eigenvalue weighted by molar-refractivity contribution is 6.09. The Hall–Kier alpha value is -3.20. The number of furan rings is 1. The van der Waals surface area contributed by atoms with Crippen molar-refractivity contribution in [3.05, 3.63) is 47.7 Å². The van der Waals surface area contributed by atoms with E-state index in [1.54, 1.807) is 30.3 Å². The summed E-state index contributed by atoms with van der Waals surface area (Å²) >= 11 is 0. The fourth-order valence-electron chi connectivity index (χ4n) is 2.44. The Morgan fingerprint density at radius 1 is 1.27 bits per heavy atom. The molecule has 1 amide bonds. The molecule has 0 atom stereocenters. The van der Waals surface area contributed by atoms with Crippen molar-refractivity contribution in [1.29, 1.82) is 5.26 Å². The monoisotopic (exact) mass is 353 g/mol. The minimum Gasteiger partial charge on any atom is -0.494 e. The van der Waals surface area contributed by atoms with Gasteiger partial charge in [-0.3, -0.25) is 4.79 Å². The van der Waals surface area contributed by atoms with Crippen LogP contribution in [0.4, 0.5) is 11.6 Å². The second-order valence-corrected chi connectivity index (χ2v) is 5.43. The van der Waals surface area contributed by atoms with Gasteiger partial charge in [0.15, 0.2) is 5.88 Å². The quantitative estimate of drug-likeness (QED) is 0.572. The Morgan fingerprint density at radius 3 is 2.69 bits per heavy atom. The van der Waals surface area contributed by atoms with E-state index in [1.807, 2.05) is 37.8 Å². The fourth-order valence-corrected chi connectivity index (χ4v) is 2.44. The summed E-state index contributed by atoms with van der Waals surface area (Å²) in [6.07, 6.45) is 1.44. The third kappa shape index (κ3) is 4.90. The number of hydrogen-bond acceptors (Lipinski definition) is 5. The van der Waals surface area contributed by atoms with Crippen molar-refractivity contribution in [3.63, 3.8) is 0 Å². The molecule has 2 rings (SSSR count). The van der Waals surface area contributed by atoms with Gasteiger partial charge in [-0.15, -0.1) is 0 Å². The van der Waals surface area contributed by atoms with Crippen LogP contribution in [0.5, 0.6) is 5.75 Å². The summed E-state index contributed by atoms with van der Waals surface area (Å²) in [4.78, 5) is 14.4. The molecule has 0 unspecified atom stereocenters. The van der Waals surface area contributed by atoms with E-state index in [0.29, 0.717) is 29.7 Å². The maximum absolute atomic E-state index is 12.4. The molecule has 1 aromatic carbocycles. The van der Waals surface area contributed by atoms with Crippen LogP contribution in [0, 0.1) is 11.3 Å². The zero-order chi connectivity index (χ0) is 18.9. The first-order valence-corrected chi connectivity index (χ1v) is 8.62. The van der Waals surface area contributed by atoms with Crippen molar-refractivity contribution >= 4 is 23.6 Å². The van der Waals surface area contributed by atoms with E-state index in [9.17, 15) is 10.1 Å². The lowest BCUT2D eigenvalue weighted by Gasteiger charge is -2.16. The van der Waals surface area contributed by atoms with Gasteiger partial charge in [0.2, 0.25) is 0 Å². The first kappa shape index (κ1) is 19.1. The van der Waals surface area contributed by atoms with Gasteiger partial charge >= 0.3 is 0 Å². The van der Waals surface area contributed by atoms with Gasteiger partial charge in [0.1, 0.15) is 23.2 Å². The third-order valence-corrected chi connectivity index (χ3v) is 3.74. The molecule has 26 heavy (non-hydrogen) atoms. The molecule has 6 nitrogen and oxygen atoms in total. The van der Waals surface area contributed by atoms with Gasteiger partial charge in [-0.05, 0) is 39.0 Å². The zero-order valence-corrected chi connectivity index (χ0v) is 15.3. The SMILES string of the molecule is CCOc1cccc(NC(=O)C(C#N)=Cc2ccc(N(CC)CC)o2)c1. The molecule has 0 radical (unpaired) electrons. The molecule has 136 valence electrons. The third-order valence-electron chi connectivity index (χ3n) is 3.74. The molecule has 0 aliphatic carbocycles. The van der Waals surface area contributed by atoms with E-state index in [2.05, 4.69) is 5.32 Å². The number of hydrogen-bond donors (Lipinski definition) is 1. The van der Waals surface area contributed by atoms with Crippen LogP contribution < -0.4 is 15.0 Å². The molecule has 0 bridgehead atoms. The highest BCUT2D eigenvalue weighted by atomic mass is 16.5. The summed E-state index contributed by atoms with van der Waals surface area (Å²) < 4.78 is 11.1. The predicted octanol–water partition coefficient (Wildman–Crippen LogP) is 4.07. The van der Waals surface area contributed by atoms with E-state index >= 15 is 0 Å². The number of carbonyl (C=O) groups excluding carboxylic acids is 1. The number of carbonyl (C=O) groups is 1. The lowest BCUT2D eigenvalue weighted by atomic mass is 10.2. The highest BCUT2D eigenvalue weighted by Gasteiger charge is 2.12. The molecule has 6 heteroatoms.